The largest absolute Gasteiger partial charge is 0.495 e. The highest BCUT2D eigenvalue weighted by Crippen LogP contribution is 2.32. The van der Waals surface area contributed by atoms with E-state index < -0.39 is 0 Å². The molecule has 25 heavy (non-hydrogen) atoms. The summed E-state index contributed by atoms with van der Waals surface area (Å²) in [4.78, 5) is 28.4. The van der Waals surface area contributed by atoms with E-state index in [0.717, 1.165) is 6.42 Å². The van der Waals surface area contributed by atoms with Crippen molar-refractivity contribution in [1.82, 2.24) is 10.2 Å². The summed E-state index contributed by atoms with van der Waals surface area (Å²) in [6.45, 7) is 6.58. The van der Waals surface area contributed by atoms with Gasteiger partial charge in [-0.1, -0.05) is 13.8 Å². The molecule has 2 saturated heterocycles. The lowest BCUT2D eigenvalue weighted by Gasteiger charge is -2.42. The van der Waals surface area contributed by atoms with Crippen molar-refractivity contribution in [2.24, 2.45) is 11.1 Å². The Morgan fingerprint density at radius 1 is 1.36 bits per heavy atom. The molecule has 0 radical (unpaired) electrons. The number of piperidine rings is 1. The Kier molecular flexibility index (Phi) is 4.60. The molecule has 136 valence electrons. The van der Waals surface area contributed by atoms with E-state index >= 15 is 0 Å². The zero-order valence-corrected chi connectivity index (χ0v) is 15.0. The highest BCUT2D eigenvalue weighted by molar-refractivity contribution is 6.00. The second-order valence-corrected chi connectivity index (χ2v) is 7.38. The number of rotatable bonds is 3. The van der Waals surface area contributed by atoms with E-state index in [9.17, 15) is 9.59 Å². The number of likely N-dealkylation sites (tertiary alicyclic amines) is 1. The molecule has 0 saturated carbocycles. The number of nitrogens with one attached hydrogen (secondary N) is 1. The van der Waals surface area contributed by atoms with Crippen LogP contribution in [0, 0.1) is 5.41 Å². The molecule has 1 atom stereocenters. The molecule has 2 aliphatic heterocycles. The number of amides is 3. The van der Waals surface area contributed by atoms with Crippen molar-refractivity contribution < 1.29 is 14.3 Å². The number of carbonyl (C=O) groups excluding carboxylic acids is 2. The number of methoxy groups -OCH3 is 1. The van der Waals surface area contributed by atoms with Gasteiger partial charge >= 0.3 is 6.03 Å². The van der Waals surface area contributed by atoms with Gasteiger partial charge in [0.25, 0.3) is 5.91 Å². The Morgan fingerprint density at radius 2 is 2.12 bits per heavy atom. The highest BCUT2D eigenvalue weighted by atomic mass is 16.5. The van der Waals surface area contributed by atoms with Gasteiger partial charge in [0.05, 0.1) is 12.8 Å². The SMILES string of the molecule is COc1ccc(C(=O)N2CCC(N)C(C)(C)C2)cc1N1CCNC1=O. The second kappa shape index (κ2) is 6.55. The van der Waals surface area contributed by atoms with Crippen molar-refractivity contribution in [2.45, 2.75) is 26.3 Å². The van der Waals surface area contributed by atoms with E-state index in [2.05, 4.69) is 19.2 Å². The van der Waals surface area contributed by atoms with E-state index in [-0.39, 0.29) is 23.4 Å². The minimum atomic E-state index is -0.173. The number of hydrogen-bond donors (Lipinski definition) is 2. The first-order valence-corrected chi connectivity index (χ1v) is 8.62. The number of carbonyl (C=O) groups is 2. The average Bonchev–Trinajstić information content (AvgIpc) is 3.02. The fourth-order valence-electron chi connectivity index (χ4n) is 3.47. The van der Waals surface area contributed by atoms with Crippen LogP contribution < -0.4 is 20.7 Å². The normalized spacial score (nSPS) is 22.7. The monoisotopic (exact) mass is 346 g/mol. The summed E-state index contributed by atoms with van der Waals surface area (Å²) < 4.78 is 5.37. The summed E-state index contributed by atoms with van der Waals surface area (Å²) >= 11 is 0. The van der Waals surface area contributed by atoms with Gasteiger partial charge in [-0.2, -0.15) is 0 Å². The first kappa shape index (κ1) is 17.5. The lowest BCUT2D eigenvalue weighted by Crippen LogP contribution is -2.54. The van der Waals surface area contributed by atoms with Gasteiger partial charge in [0.1, 0.15) is 5.75 Å². The molecule has 0 aliphatic carbocycles. The number of nitrogens with two attached hydrogens (primary N) is 1. The predicted molar refractivity (Wildman–Crippen MR) is 96.0 cm³/mol. The molecule has 0 spiro atoms. The minimum absolute atomic E-state index is 0.0384. The van der Waals surface area contributed by atoms with Gasteiger partial charge < -0.3 is 20.7 Å². The van der Waals surface area contributed by atoms with Crippen molar-refractivity contribution >= 4 is 17.6 Å². The molecule has 3 amide bonds. The van der Waals surface area contributed by atoms with Crippen LogP contribution in [0.25, 0.3) is 0 Å². The van der Waals surface area contributed by atoms with Gasteiger partial charge in [-0.05, 0) is 30.0 Å². The first-order valence-electron chi connectivity index (χ1n) is 8.62. The van der Waals surface area contributed by atoms with E-state index in [1.807, 2.05) is 4.90 Å². The average molecular weight is 346 g/mol. The number of urea groups is 1. The highest BCUT2D eigenvalue weighted by Gasteiger charge is 2.36. The fourth-order valence-corrected chi connectivity index (χ4v) is 3.47. The quantitative estimate of drug-likeness (QED) is 0.866. The molecule has 3 N–H and O–H groups in total. The Hall–Kier alpha value is -2.28. The van der Waals surface area contributed by atoms with Gasteiger partial charge in [-0.25, -0.2) is 4.79 Å². The lowest BCUT2D eigenvalue weighted by molar-refractivity contribution is 0.0533. The third kappa shape index (κ3) is 3.28. The van der Waals surface area contributed by atoms with E-state index in [4.69, 9.17) is 10.5 Å². The maximum atomic E-state index is 13.0. The zero-order chi connectivity index (χ0) is 18.2. The predicted octanol–water partition coefficient (Wildman–Crippen LogP) is 1.42. The van der Waals surface area contributed by atoms with Crippen LogP contribution in [0.4, 0.5) is 10.5 Å². The van der Waals surface area contributed by atoms with E-state index in [1.165, 1.54) is 0 Å². The Labute approximate surface area is 148 Å². The molecule has 1 aromatic carbocycles. The van der Waals surface area contributed by atoms with Crippen LogP contribution in [-0.4, -0.2) is 56.2 Å². The molecule has 3 rings (SSSR count). The van der Waals surface area contributed by atoms with Crippen LogP contribution in [0.1, 0.15) is 30.6 Å². The van der Waals surface area contributed by atoms with Gasteiger partial charge in [-0.15, -0.1) is 0 Å². The first-order chi connectivity index (χ1) is 11.8. The molecule has 0 aromatic heterocycles. The molecule has 2 heterocycles. The van der Waals surface area contributed by atoms with E-state index in [0.29, 0.717) is 43.2 Å². The number of benzene rings is 1. The van der Waals surface area contributed by atoms with Gasteiger partial charge in [0.2, 0.25) is 0 Å². The van der Waals surface area contributed by atoms with Crippen LogP contribution in [0.5, 0.6) is 5.75 Å². The van der Waals surface area contributed by atoms with Crippen LogP contribution in [0.3, 0.4) is 0 Å². The van der Waals surface area contributed by atoms with Crippen molar-refractivity contribution in [3.8, 4) is 5.75 Å². The van der Waals surface area contributed by atoms with Crippen LogP contribution >= 0.6 is 0 Å². The molecule has 2 fully saturated rings. The molecule has 7 heteroatoms. The van der Waals surface area contributed by atoms with E-state index in [1.54, 1.807) is 30.2 Å². The van der Waals surface area contributed by atoms with Crippen molar-refractivity contribution in [3.63, 3.8) is 0 Å². The second-order valence-electron chi connectivity index (χ2n) is 7.38. The summed E-state index contributed by atoms with van der Waals surface area (Å²) in [5, 5.41) is 2.77. The number of anilines is 1. The third-order valence-corrected chi connectivity index (χ3v) is 5.17. The summed E-state index contributed by atoms with van der Waals surface area (Å²) in [5.41, 5.74) is 7.23. The van der Waals surface area contributed by atoms with Crippen LogP contribution in [0.2, 0.25) is 0 Å². The van der Waals surface area contributed by atoms with Crippen molar-refractivity contribution in [2.75, 3.05) is 38.2 Å². The summed E-state index contributed by atoms with van der Waals surface area (Å²) in [5.74, 6) is 0.540. The maximum absolute atomic E-state index is 13.0. The van der Waals surface area contributed by atoms with Gasteiger partial charge in [0.15, 0.2) is 0 Å². The smallest absolute Gasteiger partial charge is 0.322 e. The zero-order valence-electron chi connectivity index (χ0n) is 15.0. The van der Waals surface area contributed by atoms with Gasteiger partial charge in [-0.3, -0.25) is 9.69 Å². The standard InChI is InChI=1S/C18H26N4O3/c1-18(2)11-21(8-6-15(18)19)16(23)12-4-5-14(25-3)13(10-12)22-9-7-20-17(22)24/h4-5,10,15H,6-9,11,19H2,1-3H3,(H,20,24). The van der Waals surface area contributed by atoms with Crippen molar-refractivity contribution in [3.05, 3.63) is 23.8 Å². The summed E-state index contributed by atoms with van der Waals surface area (Å²) in [6.07, 6.45) is 0.788. The molecular weight excluding hydrogens is 320 g/mol. The maximum Gasteiger partial charge on any atom is 0.322 e. The molecule has 0 bridgehead atoms. The molecule has 1 aromatic rings. The molecule has 2 aliphatic rings. The fraction of sp³-hybridized carbons (Fsp3) is 0.556. The number of nitrogens with zero attached hydrogens (tertiary/aromatic N) is 2. The lowest BCUT2D eigenvalue weighted by atomic mass is 9.79. The summed E-state index contributed by atoms with van der Waals surface area (Å²) in [6, 6.07) is 5.16. The Balaban J connectivity index is 1.87. The van der Waals surface area contributed by atoms with Gasteiger partial charge in [0, 0.05) is 37.8 Å². The van der Waals surface area contributed by atoms with Crippen LogP contribution in [0.15, 0.2) is 18.2 Å². The molecule has 7 nitrogen and oxygen atoms in total. The number of ether oxygens (including phenoxy) is 1. The topological polar surface area (TPSA) is 87.9 Å². The third-order valence-electron chi connectivity index (χ3n) is 5.17. The minimum Gasteiger partial charge on any atom is -0.495 e. The Morgan fingerprint density at radius 3 is 2.72 bits per heavy atom. The molecular formula is C18H26N4O3. The summed E-state index contributed by atoms with van der Waals surface area (Å²) in [7, 11) is 1.56. The van der Waals surface area contributed by atoms with Crippen molar-refractivity contribution in [1.29, 1.82) is 0 Å². The molecule has 1 unspecified atom stereocenters. The Bertz CT molecular complexity index is 689. The van der Waals surface area contributed by atoms with Crippen LogP contribution in [-0.2, 0) is 0 Å². The number of hydrogen-bond acceptors (Lipinski definition) is 4.